The number of rotatable bonds is 6. The van der Waals surface area contributed by atoms with Crippen molar-refractivity contribution in [2.45, 2.75) is 13.0 Å². The highest BCUT2D eigenvalue weighted by atomic mass is 19.1. The van der Waals surface area contributed by atoms with Crippen LogP contribution in [0.15, 0.2) is 18.2 Å². The van der Waals surface area contributed by atoms with E-state index in [1.54, 1.807) is 6.92 Å². The fourth-order valence-electron chi connectivity index (χ4n) is 1.36. The van der Waals surface area contributed by atoms with Crippen LogP contribution in [0.1, 0.15) is 17.3 Å². The SMILES string of the molecule is CC(O)CNCCNC(=O)c1ccc(O)cc1F. The Balaban J connectivity index is 2.36. The molecule has 0 aliphatic heterocycles. The second kappa shape index (κ2) is 6.93. The Hall–Kier alpha value is -1.66. The van der Waals surface area contributed by atoms with E-state index in [-0.39, 0.29) is 11.3 Å². The van der Waals surface area contributed by atoms with Crippen molar-refractivity contribution in [2.24, 2.45) is 0 Å². The number of carbonyl (C=O) groups excluding carboxylic acids is 1. The Morgan fingerprint density at radius 2 is 2.17 bits per heavy atom. The largest absolute Gasteiger partial charge is 0.508 e. The van der Waals surface area contributed by atoms with Gasteiger partial charge < -0.3 is 20.8 Å². The van der Waals surface area contributed by atoms with Gasteiger partial charge in [0.15, 0.2) is 0 Å². The van der Waals surface area contributed by atoms with E-state index in [9.17, 15) is 9.18 Å². The van der Waals surface area contributed by atoms with Crippen LogP contribution >= 0.6 is 0 Å². The summed E-state index contributed by atoms with van der Waals surface area (Å²) < 4.78 is 13.3. The Morgan fingerprint density at radius 1 is 1.44 bits per heavy atom. The van der Waals surface area contributed by atoms with E-state index in [4.69, 9.17) is 10.2 Å². The van der Waals surface area contributed by atoms with Crippen LogP contribution in [-0.4, -0.2) is 41.9 Å². The molecule has 100 valence electrons. The number of benzene rings is 1. The lowest BCUT2D eigenvalue weighted by Gasteiger charge is -2.08. The van der Waals surface area contributed by atoms with Gasteiger partial charge in [-0.15, -0.1) is 0 Å². The number of carbonyl (C=O) groups is 1. The van der Waals surface area contributed by atoms with Gasteiger partial charge in [0.1, 0.15) is 11.6 Å². The third-order valence-corrected chi connectivity index (χ3v) is 2.22. The van der Waals surface area contributed by atoms with E-state index in [1.807, 2.05) is 0 Å². The van der Waals surface area contributed by atoms with E-state index >= 15 is 0 Å². The lowest BCUT2D eigenvalue weighted by Crippen LogP contribution is -2.34. The molecule has 0 aliphatic rings. The molecule has 0 fully saturated rings. The fourth-order valence-corrected chi connectivity index (χ4v) is 1.36. The van der Waals surface area contributed by atoms with Crippen molar-refractivity contribution < 1.29 is 19.4 Å². The first-order chi connectivity index (χ1) is 8.50. The minimum absolute atomic E-state index is 0.108. The van der Waals surface area contributed by atoms with Gasteiger partial charge in [0.2, 0.25) is 0 Å². The number of amides is 1. The summed E-state index contributed by atoms with van der Waals surface area (Å²) in [6.45, 7) is 2.89. The zero-order valence-electron chi connectivity index (χ0n) is 10.1. The minimum atomic E-state index is -0.760. The van der Waals surface area contributed by atoms with Gasteiger partial charge in [-0.3, -0.25) is 4.79 Å². The number of halogens is 1. The van der Waals surface area contributed by atoms with Crippen molar-refractivity contribution in [2.75, 3.05) is 19.6 Å². The number of hydrogen-bond acceptors (Lipinski definition) is 4. The van der Waals surface area contributed by atoms with Crippen LogP contribution in [0.3, 0.4) is 0 Å². The van der Waals surface area contributed by atoms with Crippen LogP contribution < -0.4 is 10.6 Å². The van der Waals surface area contributed by atoms with Gasteiger partial charge in [0.25, 0.3) is 5.91 Å². The number of phenols is 1. The van der Waals surface area contributed by atoms with Gasteiger partial charge in [-0.25, -0.2) is 4.39 Å². The molecule has 0 radical (unpaired) electrons. The molecule has 0 aliphatic carbocycles. The highest BCUT2D eigenvalue weighted by molar-refractivity contribution is 5.94. The third kappa shape index (κ3) is 4.68. The lowest BCUT2D eigenvalue weighted by atomic mass is 10.2. The summed E-state index contributed by atoms with van der Waals surface area (Å²) >= 11 is 0. The normalized spacial score (nSPS) is 12.2. The van der Waals surface area contributed by atoms with Crippen molar-refractivity contribution in [3.8, 4) is 5.75 Å². The van der Waals surface area contributed by atoms with Crippen molar-refractivity contribution in [1.29, 1.82) is 0 Å². The van der Waals surface area contributed by atoms with Crippen molar-refractivity contribution in [3.63, 3.8) is 0 Å². The van der Waals surface area contributed by atoms with E-state index in [0.29, 0.717) is 19.6 Å². The van der Waals surface area contributed by atoms with Gasteiger partial charge in [-0.2, -0.15) is 0 Å². The predicted octanol–water partition coefficient (Wildman–Crippen LogP) is 0.232. The standard InChI is InChI=1S/C12H17FN2O3/c1-8(16)7-14-4-5-15-12(18)10-3-2-9(17)6-11(10)13/h2-3,6,8,14,16-17H,4-5,7H2,1H3,(H,15,18). The van der Waals surface area contributed by atoms with Crippen molar-refractivity contribution >= 4 is 5.91 Å². The molecule has 18 heavy (non-hydrogen) atoms. The molecule has 1 aromatic carbocycles. The number of aromatic hydroxyl groups is 1. The molecule has 1 atom stereocenters. The van der Waals surface area contributed by atoms with Gasteiger partial charge in [0.05, 0.1) is 11.7 Å². The molecule has 5 nitrogen and oxygen atoms in total. The molecule has 1 rings (SSSR count). The Bertz CT molecular complexity index is 410. The quantitative estimate of drug-likeness (QED) is 0.549. The summed E-state index contributed by atoms with van der Waals surface area (Å²) in [6.07, 6.45) is -0.449. The fraction of sp³-hybridized carbons (Fsp3) is 0.417. The summed E-state index contributed by atoms with van der Waals surface area (Å²) in [5.74, 6) is -1.52. The van der Waals surface area contributed by atoms with E-state index in [1.165, 1.54) is 12.1 Å². The van der Waals surface area contributed by atoms with Crippen LogP contribution in [0.2, 0.25) is 0 Å². The van der Waals surface area contributed by atoms with Crippen LogP contribution in [0, 0.1) is 5.82 Å². The number of hydrogen-bond donors (Lipinski definition) is 4. The maximum Gasteiger partial charge on any atom is 0.254 e. The molecular formula is C12H17FN2O3. The molecule has 1 unspecified atom stereocenters. The lowest BCUT2D eigenvalue weighted by molar-refractivity contribution is 0.0949. The van der Waals surface area contributed by atoms with Gasteiger partial charge in [0, 0.05) is 25.7 Å². The third-order valence-electron chi connectivity index (χ3n) is 2.22. The molecular weight excluding hydrogens is 239 g/mol. The van der Waals surface area contributed by atoms with E-state index < -0.39 is 17.8 Å². The zero-order chi connectivity index (χ0) is 13.5. The monoisotopic (exact) mass is 256 g/mol. The molecule has 0 saturated heterocycles. The molecule has 0 heterocycles. The van der Waals surface area contributed by atoms with Crippen molar-refractivity contribution in [3.05, 3.63) is 29.6 Å². The Labute approximate surface area is 105 Å². The minimum Gasteiger partial charge on any atom is -0.508 e. The molecule has 6 heteroatoms. The van der Waals surface area contributed by atoms with Gasteiger partial charge in [-0.1, -0.05) is 0 Å². The van der Waals surface area contributed by atoms with Crippen LogP contribution in [0.25, 0.3) is 0 Å². The maximum atomic E-state index is 13.3. The summed E-state index contributed by atoms with van der Waals surface area (Å²) in [4.78, 5) is 11.6. The van der Waals surface area contributed by atoms with Crippen LogP contribution in [-0.2, 0) is 0 Å². The van der Waals surface area contributed by atoms with Gasteiger partial charge in [-0.05, 0) is 19.1 Å². The zero-order valence-corrected chi connectivity index (χ0v) is 10.1. The van der Waals surface area contributed by atoms with E-state index in [2.05, 4.69) is 10.6 Å². The molecule has 0 spiro atoms. The molecule has 1 aromatic rings. The number of aliphatic hydroxyl groups is 1. The molecule has 0 bridgehead atoms. The first-order valence-corrected chi connectivity index (χ1v) is 5.66. The Morgan fingerprint density at radius 3 is 2.78 bits per heavy atom. The average molecular weight is 256 g/mol. The topological polar surface area (TPSA) is 81.6 Å². The number of aliphatic hydroxyl groups excluding tert-OH is 1. The second-order valence-electron chi connectivity index (χ2n) is 3.97. The molecule has 0 saturated carbocycles. The smallest absolute Gasteiger partial charge is 0.254 e. The Kier molecular flexibility index (Phi) is 5.54. The molecule has 1 amide bonds. The first kappa shape index (κ1) is 14.4. The summed E-state index contributed by atoms with van der Waals surface area (Å²) in [5.41, 5.74) is -0.108. The van der Waals surface area contributed by atoms with Crippen molar-refractivity contribution in [1.82, 2.24) is 10.6 Å². The summed E-state index contributed by atoms with van der Waals surface area (Å²) in [7, 11) is 0. The maximum absolute atomic E-state index is 13.3. The summed E-state index contributed by atoms with van der Waals surface area (Å²) in [5, 5.41) is 23.4. The molecule has 0 aromatic heterocycles. The van der Waals surface area contributed by atoms with E-state index in [0.717, 1.165) is 6.07 Å². The summed E-state index contributed by atoms with van der Waals surface area (Å²) in [6, 6.07) is 3.37. The molecule has 4 N–H and O–H groups in total. The number of nitrogens with one attached hydrogen (secondary N) is 2. The van der Waals surface area contributed by atoms with Crippen LogP contribution in [0.5, 0.6) is 5.75 Å². The predicted molar refractivity (Wildman–Crippen MR) is 64.9 cm³/mol. The van der Waals surface area contributed by atoms with Crippen LogP contribution in [0.4, 0.5) is 4.39 Å². The second-order valence-corrected chi connectivity index (χ2v) is 3.97. The average Bonchev–Trinajstić information content (AvgIpc) is 2.27. The first-order valence-electron chi connectivity index (χ1n) is 5.66. The van der Waals surface area contributed by atoms with Gasteiger partial charge >= 0.3 is 0 Å². The number of phenolic OH excluding ortho intramolecular Hbond substituents is 1. The highest BCUT2D eigenvalue weighted by Crippen LogP contribution is 2.14. The highest BCUT2D eigenvalue weighted by Gasteiger charge is 2.11.